The van der Waals surface area contributed by atoms with Gasteiger partial charge in [-0.15, -0.1) is 0 Å². The van der Waals surface area contributed by atoms with E-state index in [-0.39, 0.29) is 24.6 Å². The second-order valence-corrected chi connectivity index (χ2v) is 6.70. The molecule has 20 heavy (non-hydrogen) atoms. The van der Waals surface area contributed by atoms with Gasteiger partial charge in [0.2, 0.25) is 10.0 Å². The van der Waals surface area contributed by atoms with E-state index in [4.69, 9.17) is 11.6 Å². The van der Waals surface area contributed by atoms with Crippen LogP contribution in [0, 0.1) is 0 Å². The predicted molar refractivity (Wildman–Crippen MR) is 78.0 cm³/mol. The Bertz CT molecular complexity index is 542. The van der Waals surface area contributed by atoms with Crippen molar-refractivity contribution in [2.75, 3.05) is 12.9 Å². The minimum absolute atomic E-state index is 0.0900. The van der Waals surface area contributed by atoms with E-state index in [9.17, 15) is 13.2 Å². The highest BCUT2D eigenvalue weighted by Crippen LogP contribution is 2.17. The lowest BCUT2D eigenvalue weighted by Gasteiger charge is -2.14. The fourth-order valence-electron chi connectivity index (χ4n) is 1.66. The molecule has 1 aromatic carbocycles. The van der Waals surface area contributed by atoms with E-state index in [1.165, 1.54) is 7.11 Å². The summed E-state index contributed by atoms with van der Waals surface area (Å²) >= 11 is 5.78. The van der Waals surface area contributed by atoms with Gasteiger partial charge < -0.3 is 4.74 Å². The first-order valence-corrected chi connectivity index (χ1v) is 8.19. The highest BCUT2D eigenvalue weighted by atomic mass is 35.5. The molecule has 0 heterocycles. The molecule has 0 fully saturated rings. The molecule has 0 amide bonds. The monoisotopic (exact) mass is 319 g/mol. The molecule has 0 aliphatic rings. The number of benzene rings is 1. The molecule has 0 aromatic heterocycles. The summed E-state index contributed by atoms with van der Waals surface area (Å²) in [7, 11) is -2.16. The Hall–Kier alpha value is -1.11. The number of carbonyl (C=O) groups is 1. The zero-order valence-electron chi connectivity index (χ0n) is 11.4. The van der Waals surface area contributed by atoms with Gasteiger partial charge in [0.05, 0.1) is 12.9 Å². The van der Waals surface area contributed by atoms with Crippen molar-refractivity contribution < 1.29 is 17.9 Å². The molecular weight excluding hydrogens is 302 g/mol. The standard InChI is InChI=1S/C13H18ClNO4S/c1-10(11-5-7-12(14)8-6-11)15-20(17,18)9-3-4-13(16)19-2/h5-8,10,15H,3-4,9H2,1-2H3/t10-/m1/s1. The number of hydrogen-bond donors (Lipinski definition) is 1. The largest absolute Gasteiger partial charge is 0.469 e. The molecule has 0 unspecified atom stereocenters. The minimum Gasteiger partial charge on any atom is -0.469 e. The van der Waals surface area contributed by atoms with Crippen LogP contribution in [0.15, 0.2) is 24.3 Å². The fraction of sp³-hybridized carbons (Fsp3) is 0.462. The zero-order chi connectivity index (χ0) is 15.2. The number of carbonyl (C=O) groups excluding carboxylic acids is 1. The number of hydrogen-bond acceptors (Lipinski definition) is 4. The van der Waals surface area contributed by atoms with Crippen molar-refractivity contribution in [3.63, 3.8) is 0 Å². The van der Waals surface area contributed by atoms with Crippen LogP contribution >= 0.6 is 11.6 Å². The molecule has 1 N–H and O–H groups in total. The first-order chi connectivity index (χ1) is 9.34. The minimum atomic E-state index is -3.43. The second kappa shape index (κ2) is 7.61. The van der Waals surface area contributed by atoms with Crippen LogP contribution in [0.3, 0.4) is 0 Å². The number of sulfonamides is 1. The van der Waals surface area contributed by atoms with E-state index in [2.05, 4.69) is 9.46 Å². The van der Waals surface area contributed by atoms with Crippen LogP contribution in [0.25, 0.3) is 0 Å². The number of rotatable bonds is 7. The van der Waals surface area contributed by atoms with Crippen molar-refractivity contribution in [2.45, 2.75) is 25.8 Å². The Labute approximate surface area is 124 Å². The first-order valence-electron chi connectivity index (χ1n) is 6.16. The molecule has 0 saturated carbocycles. The van der Waals surface area contributed by atoms with Gasteiger partial charge in [-0.25, -0.2) is 13.1 Å². The molecule has 112 valence electrons. The maximum Gasteiger partial charge on any atom is 0.305 e. The predicted octanol–water partition coefficient (Wildman–Crippen LogP) is 2.27. The number of methoxy groups -OCH3 is 1. The van der Waals surface area contributed by atoms with Crippen LogP contribution in [-0.2, 0) is 19.6 Å². The number of nitrogens with one attached hydrogen (secondary N) is 1. The van der Waals surface area contributed by atoms with Crippen molar-refractivity contribution in [3.8, 4) is 0 Å². The van der Waals surface area contributed by atoms with Crippen molar-refractivity contribution in [1.82, 2.24) is 4.72 Å². The van der Waals surface area contributed by atoms with Crippen LogP contribution < -0.4 is 4.72 Å². The Morgan fingerprint density at radius 1 is 1.35 bits per heavy atom. The quantitative estimate of drug-likeness (QED) is 0.783. The lowest BCUT2D eigenvalue weighted by atomic mass is 10.1. The number of esters is 1. The summed E-state index contributed by atoms with van der Waals surface area (Å²) in [6, 6.07) is 6.60. The summed E-state index contributed by atoms with van der Waals surface area (Å²) in [6.45, 7) is 1.75. The zero-order valence-corrected chi connectivity index (χ0v) is 13.0. The van der Waals surface area contributed by atoms with Crippen LogP contribution in [0.1, 0.15) is 31.4 Å². The van der Waals surface area contributed by atoms with Gasteiger partial charge in [-0.05, 0) is 31.0 Å². The smallest absolute Gasteiger partial charge is 0.305 e. The Morgan fingerprint density at radius 2 is 1.95 bits per heavy atom. The van der Waals surface area contributed by atoms with E-state index in [0.717, 1.165) is 5.56 Å². The van der Waals surface area contributed by atoms with Gasteiger partial charge in [0.25, 0.3) is 0 Å². The molecule has 0 aliphatic heterocycles. The van der Waals surface area contributed by atoms with Crippen molar-refractivity contribution >= 4 is 27.6 Å². The van der Waals surface area contributed by atoms with Gasteiger partial charge >= 0.3 is 5.97 Å². The third kappa shape index (κ3) is 5.90. The molecule has 0 radical (unpaired) electrons. The highest BCUT2D eigenvalue weighted by Gasteiger charge is 2.16. The highest BCUT2D eigenvalue weighted by molar-refractivity contribution is 7.89. The van der Waals surface area contributed by atoms with Gasteiger partial charge in [-0.3, -0.25) is 4.79 Å². The number of halogens is 1. The van der Waals surface area contributed by atoms with Crippen molar-refractivity contribution in [3.05, 3.63) is 34.9 Å². The van der Waals surface area contributed by atoms with Gasteiger partial charge in [-0.1, -0.05) is 23.7 Å². The van der Waals surface area contributed by atoms with Crippen LogP contribution in [0.4, 0.5) is 0 Å². The molecular formula is C13H18ClNO4S. The van der Waals surface area contributed by atoms with E-state index in [1.54, 1.807) is 31.2 Å². The van der Waals surface area contributed by atoms with Crippen LogP contribution in [0.2, 0.25) is 5.02 Å². The maximum atomic E-state index is 11.9. The Kier molecular flexibility index (Phi) is 6.45. The first kappa shape index (κ1) is 16.9. The average Bonchev–Trinajstić information content (AvgIpc) is 2.38. The average molecular weight is 320 g/mol. The van der Waals surface area contributed by atoms with Crippen molar-refractivity contribution in [2.24, 2.45) is 0 Å². The van der Waals surface area contributed by atoms with E-state index >= 15 is 0 Å². The summed E-state index contributed by atoms with van der Waals surface area (Å²) < 4.78 is 30.7. The summed E-state index contributed by atoms with van der Waals surface area (Å²) in [4.78, 5) is 10.9. The molecule has 0 aliphatic carbocycles. The fourth-order valence-corrected chi connectivity index (χ4v) is 3.10. The number of ether oxygens (including phenoxy) is 1. The summed E-state index contributed by atoms with van der Waals surface area (Å²) in [6.07, 6.45) is 0.322. The van der Waals surface area contributed by atoms with Gasteiger partial charge in [-0.2, -0.15) is 0 Å². The van der Waals surface area contributed by atoms with E-state index in [1.807, 2.05) is 0 Å². The molecule has 1 aromatic rings. The SMILES string of the molecule is COC(=O)CCCS(=O)(=O)N[C@H](C)c1ccc(Cl)cc1. The second-order valence-electron chi connectivity index (χ2n) is 4.39. The summed E-state index contributed by atoms with van der Waals surface area (Å²) in [5, 5.41) is 0.599. The van der Waals surface area contributed by atoms with Crippen LogP contribution in [-0.4, -0.2) is 27.2 Å². The van der Waals surface area contributed by atoms with Gasteiger partial charge in [0, 0.05) is 17.5 Å². The molecule has 7 heteroatoms. The molecule has 0 spiro atoms. The lowest BCUT2D eigenvalue weighted by Crippen LogP contribution is -2.29. The molecule has 0 bridgehead atoms. The topological polar surface area (TPSA) is 72.5 Å². The van der Waals surface area contributed by atoms with E-state index < -0.39 is 16.0 Å². The maximum absolute atomic E-state index is 11.9. The Morgan fingerprint density at radius 3 is 2.50 bits per heavy atom. The van der Waals surface area contributed by atoms with Crippen molar-refractivity contribution in [1.29, 1.82) is 0 Å². The van der Waals surface area contributed by atoms with Gasteiger partial charge in [0.1, 0.15) is 0 Å². The molecule has 1 rings (SSSR count). The molecule has 5 nitrogen and oxygen atoms in total. The third-order valence-electron chi connectivity index (χ3n) is 2.75. The third-order valence-corrected chi connectivity index (χ3v) is 4.54. The molecule has 0 saturated heterocycles. The summed E-state index contributed by atoms with van der Waals surface area (Å²) in [5.74, 6) is -0.522. The Balaban J connectivity index is 2.53. The lowest BCUT2D eigenvalue weighted by molar-refractivity contribution is -0.140. The van der Waals surface area contributed by atoms with Crippen LogP contribution in [0.5, 0.6) is 0 Å². The van der Waals surface area contributed by atoms with Gasteiger partial charge in [0.15, 0.2) is 0 Å². The van der Waals surface area contributed by atoms with E-state index in [0.29, 0.717) is 5.02 Å². The normalized spacial score (nSPS) is 12.9. The molecule has 1 atom stereocenters. The summed E-state index contributed by atoms with van der Waals surface area (Å²) in [5.41, 5.74) is 0.825.